The van der Waals surface area contributed by atoms with Crippen molar-refractivity contribution in [3.8, 4) is 11.5 Å². The maximum Gasteiger partial charge on any atom is 0.243 e. The number of aryl methyl sites for hydroxylation is 1. The molecule has 0 aromatic heterocycles. The smallest absolute Gasteiger partial charge is 0.243 e. The number of sulfonamides is 1. The zero-order valence-electron chi connectivity index (χ0n) is 14.0. The minimum Gasteiger partial charge on any atom is -0.493 e. The van der Waals surface area contributed by atoms with Gasteiger partial charge in [-0.25, -0.2) is 8.42 Å². The molecule has 2 saturated carbocycles. The van der Waals surface area contributed by atoms with Crippen molar-refractivity contribution in [1.29, 1.82) is 0 Å². The van der Waals surface area contributed by atoms with Gasteiger partial charge in [0.15, 0.2) is 11.5 Å². The first kappa shape index (κ1) is 16.6. The van der Waals surface area contributed by atoms with E-state index in [9.17, 15) is 8.42 Å². The molecule has 0 bridgehead atoms. The minimum atomic E-state index is -3.51. The summed E-state index contributed by atoms with van der Waals surface area (Å²) in [5.74, 6) is 1.02. The standard InChI is InChI=1S/C17H25NO4S/c1-12-10-15(21-2)16(22-3)11-17(12)23(19,20)18(14-8-9-14)13-6-4-5-7-13/h10-11,13-14H,4-9H2,1-3H3. The Bertz CT molecular complexity index is 676. The van der Waals surface area contributed by atoms with Gasteiger partial charge >= 0.3 is 0 Å². The monoisotopic (exact) mass is 339 g/mol. The largest absolute Gasteiger partial charge is 0.493 e. The second-order valence-electron chi connectivity index (χ2n) is 6.48. The second-order valence-corrected chi connectivity index (χ2v) is 8.29. The highest BCUT2D eigenvalue weighted by molar-refractivity contribution is 7.89. The fourth-order valence-corrected chi connectivity index (χ4v) is 5.69. The third-order valence-electron chi connectivity index (χ3n) is 4.83. The predicted molar refractivity (Wildman–Crippen MR) is 88.6 cm³/mol. The Morgan fingerprint density at radius 2 is 1.48 bits per heavy atom. The summed E-state index contributed by atoms with van der Waals surface area (Å²) >= 11 is 0. The molecule has 0 N–H and O–H groups in total. The fraction of sp³-hybridized carbons (Fsp3) is 0.647. The molecule has 1 aromatic rings. The van der Waals surface area contributed by atoms with Crippen molar-refractivity contribution >= 4 is 10.0 Å². The Morgan fingerprint density at radius 1 is 0.957 bits per heavy atom. The van der Waals surface area contributed by atoms with Crippen molar-refractivity contribution in [2.24, 2.45) is 0 Å². The highest BCUT2D eigenvalue weighted by Gasteiger charge is 2.43. The third kappa shape index (κ3) is 3.06. The van der Waals surface area contributed by atoms with Gasteiger partial charge in [-0.2, -0.15) is 4.31 Å². The lowest BCUT2D eigenvalue weighted by atomic mass is 10.2. The van der Waals surface area contributed by atoms with Gasteiger partial charge in [0.05, 0.1) is 19.1 Å². The first-order valence-corrected chi connectivity index (χ1v) is 9.69. The number of benzene rings is 1. The van der Waals surface area contributed by atoms with E-state index in [2.05, 4.69) is 0 Å². The number of rotatable bonds is 6. The minimum absolute atomic E-state index is 0.153. The summed E-state index contributed by atoms with van der Waals surface area (Å²) in [7, 11) is -0.429. The predicted octanol–water partition coefficient (Wildman–Crippen LogP) is 3.11. The van der Waals surface area contributed by atoms with E-state index in [1.54, 1.807) is 23.5 Å². The van der Waals surface area contributed by atoms with Crippen molar-refractivity contribution in [2.45, 2.75) is 62.4 Å². The zero-order valence-corrected chi connectivity index (χ0v) is 14.9. The molecule has 2 fully saturated rings. The Kier molecular flexibility index (Phi) is 4.56. The first-order valence-electron chi connectivity index (χ1n) is 8.25. The van der Waals surface area contributed by atoms with Gasteiger partial charge in [-0.05, 0) is 44.2 Å². The highest BCUT2D eigenvalue weighted by Crippen LogP contribution is 2.41. The molecule has 0 aliphatic heterocycles. The molecule has 0 spiro atoms. The fourth-order valence-electron chi connectivity index (χ4n) is 3.53. The molecule has 128 valence electrons. The van der Waals surface area contributed by atoms with Crippen LogP contribution in [0.25, 0.3) is 0 Å². The molecular formula is C17H25NO4S. The molecule has 6 heteroatoms. The molecule has 0 atom stereocenters. The van der Waals surface area contributed by atoms with Crippen LogP contribution in [0, 0.1) is 6.92 Å². The second kappa shape index (κ2) is 6.32. The molecule has 2 aliphatic carbocycles. The molecule has 5 nitrogen and oxygen atoms in total. The molecule has 0 heterocycles. The van der Waals surface area contributed by atoms with Crippen LogP contribution in [0.15, 0.2) is 17.0 Å². The number of ether oxygens (including phenoxy) is 2. The van der Waals surface area contributed by atoms with E-state index in [-0.39, 0.29) is 12.1 Å². The number of nitrogens with zero attached hydrogens (tertiary/aromatic N) is 1. The van der Waals surface area contributed by atoms with E-state index in [0.29, 0.717) is 22.0 Å². The van der Waals surface area contributed by atoms with Crippen LogP contribution in [0.2, 0.25) is 0 Å². The normalized spacial score (nSPS) is 19.3. The van der Waals surface area contributed by atoms with Gasteiger partial charge in [0.2, 0.25) is 10.0 Å². The maximum atomic E-state index is 13.3. The van der Waals surface area contributed by atoms with Crippen LogP contribution < -0.4 is 9.47 Å². The van der Waals surface area contributed by atoms with E-state index in [1.165, 1.54) is 7.11 Å². The van der Waals surface area contributed by atoms with Crippen LogP contribution in [-0.2, 0) is 10.0 Å². The van der Waals surface area contributed by atoms with Crippen molar-refractivity contribution in [1.82, 2.24) is 4.31 Å². The van der Waals surface area contributed by atoms with Crippen molar-refractivity contribution in [2.75, 3.05) is 14.2 Å². The molecule has 0 unspecified atom stereocenters. The summed E-state index contributed by atoms with van der Waals surface area (Å²) in [6.45, 7) is 1.81. The number of hydrogen-bond acceptors (Lipinski definition) is 4. The van der Waals surface area contributed by atoms with Gasteiger partial charge in [-0.3, -0.25) is 0 Å². The van der Waals surface area contributed by atoms with E-state index >= 15 is 0 Å². The van der Waals surface area contributed by atoms with E-state index in [0.717, 1.165) is 38.5 Å². The Hall–Kier alpha value is -1.27. The molecule has 0 amide bonds. The van der Waals surface area contributed by atoms with Crippen molar-refractivity contribution in [3.05, 3.63) is 17.7 Å². The highest BCUT2D eigenvalue weighted by atomic mass is 32.2. The Labute approximate surface area is 138 Å². The molecule has 23 heavy (non-hydrogen) atoms. The Balaban J connectivity index is 2.04. The lowest BCUT2D eigenvalue weighted by Crippen LogP contribution is -2.40. The third-order valence-corrected chi connectivity index (χ3v) is 6.97. The van der Waals surface area contributed by atoms with Crippen molar-refractivity contribution < 1.29 is 17.9 Å². The lowest BCUT2D eigenvalue weighted by Gasteiger charge is -2.29. The van der Waals surface area contributed by atoms with Gasteiger partial charge in [-0.15, -0.1) is 0 Å². The van der Waals surface area contributed by atoms with E-state index in [4.69, 9.17) is 9.47 Å². The summed E-state index contributed by atoms with van der Waals surface area (Å²) in [6.07, 6.45) is 6.14. The molecule has 2 aliphatic rings. The van der Waals surface area contributed by atoms with Gasteiger partial charge in [0.25, 0.3) is 0 Å². The van der Waals surface area contributed by atoms with Gasteiger partial charge in [0, 0.05) is 18.2 Å². The average molecular weight is 339 g/mol. The average Bonchev–Trinajstić information content (AvgIpc) is 3.20. The van der Waals surface area contributed by atoms with Gasteiger partial charge in [-0.1, -0.05) is 12.8 Å². The molecule has 1 aromatic carbocycles. The SMILES string of the molecule is COc1cc(C)c(S(=O)(=O)N(C2CCCC2)C2CC2)cc1OC. The number of hydrogen-bond donors (Lipinski definition) is 0. The summed E-state index contributed by atoms with van der Waals surface area (Å²) in [6, 6.07) is 3.68. The van der Waals surface area contributed by atoms with E-state index < -0.39 is 10.0 Å². The summed E-state index contributed by atoms with van der Waals surface area (Å²) in [4.78, 5) is 0.342. The molecule has 0 radical (unpaired) electrons. The Morgan fingerprint density at radius 3 is 2.00 bits per heavy atom. The maximum absolute atomic E-state index is 13.3. The van der Waals surface area contributed by atoms with Gasteiger partial charge in [0.1, 0.15) is 0 Å². The van der Waals surface area contributed by atoms with Crippen LogP contribution in [0.1, 0.15) is 44.1 Å². The molecule has 3 rings (SSSR count). The lowest BCUT2D eigenvalue weighted by molar-refractivity contribution is 0.313. The van der Waals surface area contributed by atoms with Crippen LogP contribution in [0.3, 0.4) is 0 Å². The summed E-state index contributed by atoms with van der Waals surface area (Å²) < 4.78 is 39.0. The molecule has 0 saturated heterocycles. The van der Waals surface area contributed by atoms with Crippen LogP contribution in [0.5, 0.6) is 11.5 Å². The summed E-state index contributed by atoms with van der Waals surface area (Å²) in [5, 5.41) is 0. The van der Waals surface area contributed by atoms with E-state index in [1.807, 2.05) is 6.92 Å². The first-order chi connectivity index (χ1) is 11.0. The molecular weight excluding hydrogens is 314 g/mol. The van der Waals surface area contributed by atoms with Crippen LogP contribution in [-0.4, -0.2) is 39.0 Å². The summed E-state index contributed by atoms with van der Waals surface area (Å²) in [5.41, 5.74) is 0.700. The van der Waals surface area contributed by atoms with Gasteiger partial charge < -0.3 is 9.47 Å². The van der Waals surface area contributed by atoms with Crippen LogP contribution >= 0.6 is 0 Å². The van der Waals surface area contributed by atoms with Crippen LogP contribution in [0.4, 0.5) is 0 Å². The quantitative estimate of drug-likeness (QED) is 0.799. The zero-order chi connectivity index (χ0) is 16.6. The topological polar surface area (TPSA) is 55.8 Å². The van der Waals surface area contributed by atoms with Crippen molar-refractivity contribution in [3.63, 3.8) is 0 Å². The number of methoxy groups -OCH3 is 2.